The molecule has 1 aromatic heterocycles. The number of nitrogens with one attached hydrogen (secondary N) is 1. The van der Waals surface area contributed by atoms with Crippen LogP contribution in [-0.4, -0.2) is 32.9 Å². The average Bonchev–Trinajstić information content (AvgIpc) is 3.19. The first kappa shape index (κ1) is 19.3. The lowest BCUT2D eigenvalue weighted by Crippen LogP contribution is -2.29. The smallest absolute Gasteiger partial charge is 0.406 e. The minimum Gasteiger partial charge on any atom is -0.406 e. The number of ether oxygens (including phenoxy) is 1. The van der Waals surface area contributed by atoms with Gasteiger partial charge >= 0.3 is 6.36 Å². The number of carbonyl (C=O) groups is 1. The third-order valence-corrected chi connectivity index (χ3v) is 3.84. The van der Waals surface area contributed by atoms with Gasteiger partial charge in [-0.05, 0) is 35.0 Å². The van der Waals surface area contributed by atoms with Gasteiger partial charge in [0.15, 0.2) is 0 Å². The van der Waals surface area contributed by atoms with E-state index in [9.17, 15) is 18.0 Å². The van der Waals surface area contributed by atoms with Crippen LogP contribution in [0.5, 0.6) is 5.75 Å². The third-order valence-electron chi connectivity index (χ3n) is 3.84. The topological polar surface area (TPSA) is 84.0 Å². The summed E-state index contributed by atoms with van der Waals surface area (Å²) in [4.78, 5) is 14.0. The van der Waals surface area contributed by atoms with Crippen molar-refractivity contribution in [3.63, 3.8) is 0 Å². The van der Waals surface area contributed by atoms with Gasteiger partial charge in [-0.25, -0.2) is 0 Å². The molecular formula is C18H16F3N5O2. The van der Waals surface area contributed by atoms with E-state index in [-0.39, 0.29) is 24.6 Å². The van der Waals surface area contributed by atoms with Gasteiger partial charge < -0.3 is 9.64 Å². The lowest BCUT2D eigenvalue weighted by atomic mass is 10.1. The van der Waals surface area contributed by atoms with Gasteiger partial charge in [0, 0.05) is 17.7 Å². The van der Waals surface area contributed by atoms with E-state index in [1.807, 2.05) is 0 Å². The number of halogens is 3. The molecule has 0 bridgehead atoms. The van der Waals surface area contributed by atoms with Crippen molar-refractivity contribution in [2.75, 3.05) is 4.90 Å². The Balaban J connectivity index is 1.89. The van der Waals surface area contributed by atoms with Crippen LogP contribution in [0.15, 0.2) is 48.5 Å². The highest BCUT2D eigenvalue weighted by atomic mass is 19.4. The average molecular weight is 391 g/mol. The molecule has 0 radical (unpaired) electrons. The number of hydrogen-bond acceptors (Lipinski definition) is 5. The Morgan fingerprint density at radius 1 is 1.18 bits per heavy atom. The lowest BCUT2D eigenvalue weighted by Gasteiger charge is -2.23. The van der Waals surface area contributed by atoms with E-state index < -0.39 is 6.36 Å². The van der Waals surface area contributed by atoms with Crippen molar-refractivity contribution in [3.8, 4) is 17.1 Å². The fourth-order valence-corrected chi connectivity index (χ4v) is 2.63. The van der Waals surface area contributed by atoms with Gasteiger partial charge in [0.1, 0.15) is 5.75 Å². The van der Waals surface area contributed by atoms with Crippen LogP contribution < -0.4 is 9.64 Å². The van der Waals surface area contributed by atoms with Crippen molar-refractivity contribution in [2.24, 2.45) is 0 Å². The minimum atomic E-state index is -4.78. The molecule has 0 aliphatic carbocycles. The molecule has 0 spiro atoms. The summed E-state index contributed by atoms with van der Waals surface area (Å²) in [6.07, 6.45) is -4.55. The fourth-order valence-electron chi connectivity index (χ4n) is 2.63. The van der Waals surface area contributed by atoms with Gasteiger partial charge in [-0.3, -0.25) is 4.79 Å². The molecule has 3 aromatic rings. The summed E-state index contributed by atoms with van der Waals surface area (Å²) in [5.41, 5.74) is 1.71. The molecule has 2 aromatic carbocycles. The molecule has 0 unspecified atom stereocenters. The molecule has 1 amide bonds. The number of hydrogen-bond donors (Lipinski definition) is 1. The first-order valence-electron chi connectivity index (χ1n) is 8.34. The Kier molecular flexibility index (Phi) is 5.57. The number of aromatic amines is 1. The Labute approximate surface area is 158 Å². The Bertz CT molecular complexity index is 944. The predicted molar refractivity (Wildman–Crippen MR) is 94.2 cm³/mol. The molecule has 0 saturated heterocycles. The van der Waals surface area contributed by atoms with E-state index in [4.69, 9.17) is 0 Å². The molecule has 10 heteroatoms. The number of alkyl halides is 3. The maximum absolute atomic E-state index is 12.5. The van der Waals surface area contributed by atoms with Crippen LogP contribution in [0.4, 0.5) is 18.9 Å². The molecule has 1 N–H and O–H groups in total. The molecule has 7 nitrogen and oxygen atoms in total. The molecule has 3 rings (SSSR count). The quantitative estimate of drug-likeness (QED) is 0.693. The van der Waals surface area contributed by atoms with Gasteiger partial charge in [0.05, 0.1) is 6.54 Å². The van der Waals surface area contributed by atoms with Crippen molar-refractivity contribution in [1.29, 1.82) is 0 Å². The van der Waals surface area contributed by atoms with Crippen LogP contribution >= 0.6 is 0 Å². The molecule has 0 saturated carbocycles. The molecular weight excluding hydrogens is 375 g/mol. The van der Waals surface area contributed by atoms with Crippen molar-refractivity contribution >= 4 is 11.6 Å². The Morgan fingerprint density at radius 2 is 1.96 bits per heavy atom. The van der Waals surface area contributed by atoms with Gasteiger partial charge in [-0.2, -0.15) is 5.21 Å². The summed E-state index contributed by atoms with van der Waals surface area (Å²) < 4.78 is 41.3. The maximum Gasteiger partial charge on any atom is 0.573 e. The highest BCUT2D eigenvalue weighted by molar-refractivity contribution is 5.93. The van der Waals surface area contributed by atoms with Crippen molar-refractivity contribution in [3.05, 3.63) is 54.1 Å². The molecule has 1 heterocycles. The van der Waals surface area contributed by atoms with Crippen LogP contribution in [0.2, 0.25) is 0 Å². The summed E-state index contributed by atoms with van der Waals surface area (Å²) in [6.45, 7) is 1.79. The minimum absolute atomic E-state index is 0.0808. The standard InChI is InChI=1S/C18H16F3N5O2/c1-2-16(27)26(11-12-5-3-8-15(9-12)28-18(19,20)21)14-7-4-6-13(10-14)17-22-24-25-23-17/h3-10H,2,11H2,1H3,(H,22,23,24,25). The number of tetrazole rings is 1. The highest BCUT2D eigenvalue weighted by Crippen LogP contribution is 2.27. The van der Waals surface area contributed by atoms with E-state index in [1.165, 1.54) is 23.1 Å². The van der Waals surface area contributed by atoms with Crippen molar-refractivity contribution in [1.82, 2.24) is 20.6 Å². The van der Waals surface area contributed by atoms with Gasteiger partial charge in [-0.15, -0.1) is 23.4 Å². The van der Waals surface area contributed by atoms with E-state index in [0.717, 1.165) is 0 Å². The lowest BCUT2D eigenvalue weighted by molar-refractivity contribution is -0.274. The van der Waals surface area contributed by atoms with Gasteiger partial charge in [-0.1, -0.05) is 31.2 Å². The van der Waals surface area contributed by atoms with Crippen molar-refractivity contribution in [2.45, 2.75) is 26.3 Å². The van der Waals surface area contributed by atoms with Crippen LogP contribution in [0, 0.1) is 0 Å². The number of H-pyrrole nitrogens is 1. The molecule has 0 fully saturated rings. The fraction of sp³-hybridized carbons (Fsp3) is 0.222. The largest absolute Gasteiger partial charge is 0.573 e. The molecule has 28 heavy (non-hydrogen) atoms. The molecule has 0 aliphatic heterocycles. The van der Waals surface area contributed by atoms with Crippen molar-refractivity contribution < 1.29 is 22.7 Å². The van der Waals surface area contributed by atoms with E-state index in [1.54, 1.807) is 37.3 Å². The van der Waals surface area contributed by atoms with Crippen LogP contribution in [0.3, 0.4) is 0 Å². The number of carbonyl (C=O) groups excluding carboxylic acids is 1. The maximum atomic E-state index is 12.5. The van der Waals surface area contributed by atoms with Gasteiger partial charge in [0.2, 0.25) is 11.7 Å². The van der Waals surface area contributed by atoms with Crippen LogP contribution in [0.1, 0.15) is 18.9 Å². The third kappa shape index (κ3) is 4.84. The zero-order valence-corrected chi connectivity index (χ0v) is 14.8. The summed E-state index contributed by atoms with van der Waals surface area (Å²) in [6, 6.07) is 12.5. The van der Waals surface area contributed by atoms with Crippen LogP contribution in [0.25, 0.3) is 11.4 Å². The summed E-state index contributed by atoms with van der Waals surface area (Å²) in [5.74, 6) is -0.159. The SMILES string of the molecule is CCC(=O)N(Cc1cccc(OC(F)(F)F)c1)c1cccc(-c2nn[nH]n2)c1. The second kappa shape index (κ2) is 8.07. The second-order valence-corrected chi connectivity index (χ2v) is 5.81. The Hall–Kier alpha value is -3.43. The zero-order chi connectivity index (χ0) is 20.1. The Morgan fingerprint density at radius 3 is 2.64 bits per heavy atom. The first-order valence-corrected chi connectivity index (χ1v) is 8.34. The number of rotatable bonds is 6. The number of nitrogens with zero attached hydrogens (tertiary/aromatic N) is 4. The number of anilines is 1. The van der Waals surface area contributed by atoms with E-state index >= 15 is 0 Å². The molecule has 0 aliphatic rings. The first-order chi connectivity index (χ1) is 13.4. The van der Waals surface area contributed by atoms with Crippen LogP contribution in [-0.2, 0) is 11.3 Å². The highest BCUT2D eigenvalue weighted by Gasteiger charge is 2.31. The summed E-state index contributed by atoms with van der Waals surface area (Å²) in [5, 5.41) is 13.7. The summed E-state index contributed by atoms with van der Waals surface area (Å²) in [7, 11) is 0. The molecule has 0 atom stereocenters. The molecule has 146 valence electrons. The second-order valence-electron chi connectivity index (χ2n) is 5.81. The predicted octanol–water partition coefficient (Wildman–Crippen LogP) is 3.71. The van der Waals surface area contributed by atoms with Gasteiger partial charge in [0.25, 0.3) is 0 Å². The monoisotopic (exact) mass is 391 g/mol. The summed E-state index contributed by atoms with van der Waals surface area (Å²) >= 11 is 0. The number of amides is 1. The number of benzene rings is 2. The van der Waals surface area contributed by atoms with E-state index in [2.05, 4.69) is 25.4 Å². The van der Waals surface area contributed by atoms with E-state index in [0.29, 0.717) is 22.6 Å². The normalized spacial score (nSPS) is 11.3. The number of aromatic nitrogens is 4. The zero-order valence-electron chi connectivity index (χ0n) is 14.8.